The minimum atomic E-state index is -0.147. The van der Waals surface area contributed by atoms with Crippen molar-refractivity contribution in [2.24, 2.45) is 11.3 Å². The molecule has 1 rings (SSSR count). The number of likely N-dealkylation sites (tertiary alicyclic amines) is 1. The summed E-state index contributed by atoms with van der Waals surface area (Å²) < 4.78 is 0. The van der Waals surface area contributed by atoms with E-state index in [1.807, 2.05) is 0 Å². The molecule has 0 aromatic heterocycles. The number of carbonyl (C=O) groups is 1. The SMILES string of the molecule is C#CCN1CCC(C(=O)NC(CO)CC(C)(C)C)CC1. The predicted octanol–water partition coefficient (Wildman–Crippen LogP) is 1.24. The van der Waals surface area contributed by atoms with Gasteiger partial charge in [-0.1, -0.05) is 26.7 Å². The molecule has 1 aliphatic heterocycles. The number of terminal acetylenes is 1. The third-order valence-corrected chi connectivity index (χ3v) is 3.70. The van der Waals surface area contributed by atoms with Crippen LogP contribution in [0.4, 0.5) is 0 Å². The predicted molar refractivity (Wildman–Crippen MR) is 81.1 cm³/mol. The van der Waals surface area contributed by atoms with Gasteiger partial charge in [0, 0.05) is 5.92 Å². The van der Waals surface area contributed by atoms with Gasteiger partial charge in [-0.05, 0) is 37.8 Å². The highest BCUT2D eigenvalue weighted by Crippen LogP contribution is 2.22. The van der Waals surface area contributed by atoms with E-state index in [0.29, 0.717) is 6.54 Å². The monoisotopic (exact) mass is 280 g/mol. The number of nitrogens with zero attached hydrogens (tertiary/aromatic N) is 1. The van der Waals surface area contributed by atoms with Gasteiger partial charge < -0.3 is 10.4 Å². The molecule has 1 heterocycles. The molecule has 1 unspecified atom stereocenters. The lowest BCUT2D eigenvalue weighted by Crippen LogP contribution is -2.46. The normalized spacial score (nSPS) is 19.4. The number of aliphatic hydroxyl groups is 1. The van der Waals surface area contributed by atoms with Gasteiger partial charge >= 0.3 is 0 Å². The Hall–Kier alpha value is -1.05. The Morgan fingerprint density at radius 3 is 2.50 bits per heavy atom. The Balaban J connectivity index is 2.41. The van der Waals surface area contributed by atoms with E-state index in [9.17, 15) is 9.90 Å². The summed E-state index contributed by atoms with van der Waals surface area (Å²) in [6, 6.07) is -0.147. The van der Waals surface area contributed by atoms with Crippen molar-refractivity contribution < 1.29 is 9.90 Å². The van der Waals surface area contributed by atoms with Crippen LogP contribution < -0.4 is 5.32 Å². The van der Waals surface area contributed by atoms with Gasteiger partial charge in [0.05, 0.1) is 19.2 Å². The van der Waals surface area contributed by atoms with Crippen LogP contribution >= 0.6 is 0 Å². The second kappa shape index (κ2) is 7.66. The molecule has 0 spiro atoms. The molecule has 0 aromatic rings. The maximum atomic E-state index is 12.2. The summed E-state index contributed by atoms with van der Waals surface area (Å²) in [7, 11) is 0. The van der Waals surface area contributed by atoms with Crippen molar-refractivity contribution in [3.8, 4) is 12.3 Å². The van der Waals surface area contributed by atoms with Gasteiger partial charge in [0.2, 0.25) is 5.91 Å². The minimum absolute atomic E-state index is 0.00104. The van der Waals surface area contributed by atoms with E-state index < -0.39 is 0 Å². The summed E-state index contributed by atoms with van der Waals surface area (Å²) in [6.07, 6.45) is 7.78. The van der Waals surface area contributed by atoms with Gasteiger partial charge in [0.15, 0.2) is 0 Å². The third kappa shape index (κ3) is 5.94. The molecule has 1 saturated heterocycles. The van der Waals surface area contributed by atoms with Crippen molar-refractivity contribution in [1.29, 1.82) is 0 Å². The first-order valence-corrected chi connectivity index (χ1v) is 7.43. The van der Waals surface area contributed by atoms with E-state index in [1.165, 1.54) is 0 Å². The number of hydrogen-bond donors (Lipinski definition) is 2. The van der Waals surface area contributed by atoms with Gasteiger partial charge in [-0.15, -0.1) is 6.42 Å². The summed E-state index contributed by atoms with van der Waals surface area (Å²) in [5, 5.41) is 12.4. The molecule has 114 valence electrons. The van der Waals surface area contributed by atoms with E-state index in [2.05, 4.69) is 36.9 Å². The first kappa shape index (κ1) is 17.0. The lowest BCUT2D eigenvalue weighted by atomic mass is 9.87. The Morgan fingerprint density at radius 2 is 2.05 bits per heavy atom. The lowest BCUT2D eigenvalue weighted by Gasteiger charge is -2.32. The summed E-state index contributed by atoms with van der Waals surface area (Å²) in [5.74, 6) is 2.77. The highest BCUT2D eigenvalue weighted by Gasteiger charge is 2.27. The second-order valence-electron chi connectivity index (χ2n) is 6.91. The Bertz CT molecular complexity index is 346. The largest absolute Gasteiger partial charge is 0.394 e. The van der Waals surface area contributed by atoms with Crippen LogP contribution in [0.25, 0.3) is 0 Å². The van der Waals surface area contributed by atoms with E-state index in [-0.39, 0.29) is 29.9 Å². The van der Waals surface area contributed by atoms with Crippen LogP contribution in [0.15, 0.2) is 0 Å². The Morgan fingerprint density at radius 1 is 1.45 bits per heavy atom. The summed E-state index contributed by atoms with van der Waals surface area (Å²) in [4.78, 5) is 14.4. The number of carbonyl (C=O) groups excluding carboxylic acids is 1. The average Bonchev–Trinajstić information content (AvgIpc) is 2.37. The zero-order chi connectivity index (χ0) is 15.2. The van der Waals surface area contributed by atoms with Crippen molar-refractivity contribution in [2.75, 3.05) is 26.2 Å². The zero-order valence-corrected chi connectivity index (χ0v) is 13.0. The molecule has 20 heavy (non-hydrogen) atoms. The van der Waals surface area contributed by atoms with Crippen molar-refractivity contribution in [1.82, 2.24) is 10.2 Å². The van der Waals surface area contributed by atoms with Crippen molar-refractivity contribution in [3.63, 3.8) is 0 Å². The average molecular weight is 280 g/mol. The standard InChI is InChI=1S/C16H28N2O2/c1-5-8-18-9-6-13(7-10-18)15(20)17-14(12-19)11-16(2,3)4/h1,13-14,19H,6-12H2,2-4H3,(H,17,20). The van der Waals surface area contributed by atoms with E-state index in [4.69, 9.17) is 6.42 Å². The topological polar surface area (TPSA) is 52.6 Å². The van der Waals surface area contributed by atoms with E-state index in [0.717, 1.165) is 32.4 Å². The first-order valence-electron chi connectivity index (χ1n) is 7.43. The number of aliphatic hydroxyl groups excluding tert-OH is 1. The van der Waals surface area contributed by atoms with Gasteiger partial charge in [-0.25, -0.2) is 0 Å². The van der Waals surface area contributed by atoms with Crippen LogP contribution in [0.1, 0.15) is 40.0 Å². The second-order valence-corrected chi connectivity index (χ2v) is 6.91. The van der Waals surface area contributed by atoms with Crippen LogP contribution in [-0.2, 0) is 4.79 Å². The maximum Gasteiger partial charge on any atom is 0.223 e. The molecule has 0 bridgehead atoms. The molecule has 4 heteroatoms. The van der Waals surface area contributed by atoms with Crippen LogP contribution in [0.2, 0.25) is 0 Å². The fourth-order valence-corrected chi connectivity index (χ4v) is 2.70. The van der Waals surface area contributed by atoms with Crippen molar-refractivity contribution in [3.05, 3.63) is 0 Å². The van der Waals surface area contributed by atoms with Crippen molar-refractivity contribution in [2.45, 2.75) is 46.1 Å². The third-order valence-electron chi connectivity index (χ3n) is 3.70. The van der Waals surface area contributed by atoms with Gasteiger partial charge in [0.25, 0.3) is 0 Å². The van der Waals surface area contributed by atoms with Crippen LogP contribution in [0, 0.1) is 23.7 Å². The molecule has 4 nitrogen and oxygen atoms in total. The van der Waals surface area contributed by atoms with Crippen LogP contribution in [0.5, 0.6) is 0 Å². The van der Waals surface area contributed by atoms with Gasteiger partial charge in [-0.2, -0.15) is 0 Å². The molecule has 2 N–H and O–H groups in total. The summed E-state index contributed by atoms with van der Waals surface area (Å²) in [5.41, 5.74) is 0.0941. The highest BCUT2D eigenvalue weighted by atomic mass is 16.3. The maximum absolute atomic E-state index is 12.2. The number of amides is 1. The zero-order valence-electron chi connectivity index (χ0n) is 13.0. The summed E-state index contributed by atoms with van der Waals surface area (Å²) in [6.45, 7) is 8.76. The molecular weight excluding hydrogens is 252 g/mol. The molecule has 0 radical (unpaired) electrons. The molecule has 0 saturated carbocycles. The molecule has 1 atom stereocenters. The van der Waals surface area contributed by atoms with Gasteiger partial charge in [0.1, 0.15) is 0 Å². The van der Waals surface area contributed by atoms with Crippen LogP contribution in [-0.4, -0.2) is 48.2 Å². The van der Waals surface area contributed by atoms with E-state index >= 15 is 0 Å². The number of piperidine rings is 1. The van der Waals surface area contributed by atoms with Crippen molar-refractivity contribution >= 4 is 5.91 Å². The molecule has 0 aromatic carbocycles. The molecular formula is C16H28N2O2. The molecule has 1 aliphatic rings. The van der Waals surface area contributed by atoms with Crippen LogP contribution in [0.3, 0.4) is 0 Å². The van der Waals surface area contributed by atoms with E-state index in [1.54, 1.807) is 0 Å². The minimum Gasteiger partial charge on any atom is -0.394 e. The number of nitrogens with one attached hydrogen (secondary N) is 1. The quantitative estimate of drug-likeness (QED) is 0.745. The van der Waals surface area contributed by atoms with Gasteiger partial charge in [-0.3, -0.25) is 9.69 Å². The molecule has 1 fully saturated rings. The highest BCUT2D eigenvalue weighted by molar-refractivity contribution is 5.79. The fraction of sp³-hybridized carbons (Fsp3) is 0.812. The Labute approximate surface area is 122 Å². The Kier molecular flexibility index (Phi) is 6.51. The summed E-state index contributed by atoms with van der Waals surface area (Å²) >= 11 is 0. The number of hydrogen-bond acceptors (Lipinski definition) is 3. The smallest absolute Gasteiger partial charge is 0.223 e. The molecule has 1 amide bonds. The lowest BCUT2D eigenvalue weighted by molar-refractivity contribution is -0.127. The molecule has 0 aliphatic carbocycles. The first-order chi connectivity index (χ1) is 9.35. The number of rotatable bonds is 5. The fourth-order valence-electron chi connectivity index (χ4n) is 2.70.